The second-order valence-corrected chi connectivity index (χ2v) is 2.06. The van der Waals surface area contributed by atoms with E-state index in [9.17, 15) is 9.59 Å². The third-order valence-electron chi connectivity index (χ3n) is 1.22. The van der Waals surface area contributed by atoms with Crippen molar-refractivity contribution in [1.82, 2.24) is 0 Å². The fraction of sp³-hybridized carbons (Fsp3) is 0.333. The molecule has 0 unspecified atom stereocenters. The summed E-state index contributed by atoms with van der Waals surface area (Å²) < 4.78 is 0. The van der Waals surface area contributed by atoms with Crippen molar-refractivity contribution in [3.05, 3.63) is 0 Å². The van der Waals surface area contributed by atoms with Crippen LogP contribution in [-0.2, 0) is 9.59 Å². The van der Waals surface area contributed by atoms with Crippen LogP contribution in [0.25, 0.3) is 0 Å². The maximum Gasteiger partial charge on any atom is 0.373 e. The first-order chi connectivity index (χ1) is 5.11. The highest BCUT2D eigenvalue weighted by Gasteiger charge is 2.18. The van der Waals surface area contributed by atoms with Gasteiger partial charge in [0, 0.05) is 6.92 Å². The van der Waals surface area contributed by atoms with Gasteiger partial charge in [0.15, 0.2) is 5.78 Å². The molecule has 1 heterocycles. The molecule has 1 N–H and O–H groups in total. The highest BCUT2D eigenvalue weighted by molar-refractivity contribution is 6.48. The summed E-state index contributed by atoms with van der Waals surface area (Å²) in [7, 11) is 0. The molecule has 1 aliphatic heterocycles. The van der Waals surface area contributed by atoms with Crippen molar-refractivity contribution in [3.8, 4) is 0 Å². The molecule has 0 bridgehead atoms. The van der Waals surface area contributed by atoms with Crippen LogP contribution in [0.15, 0.2) is 9.98 Å². The molecule has 0 saturated carbocycles. The van der Waals surface area contributed by atoms with E-state index in [0.717, 1.165) is 0 Å². The molecular formula is C6H6N2O3. The second-order valence-electron chi connectivity index (χ2n) is 2.06. The third kappa shape index (κ3) is 1.49. The summed E-state index contributed by atoms with van der Waals surface area (Å²) in [4.78, 5) is 27.9. The zero-order valence-corrected chi connectivity index (χ0v) is 5.87. The average molecular weight is 154 g/mol. The van der Waals surface area contributed by atoms with Crippen LogP contribution in [0.5, 0.6) is 0 Å². The molecule has 0 radical (unpaired) electrons. The van der Waals surface area contributed by atoms with Gasteiger partial charge in [0.05, 0.1) is 6.54 Å². The SMILES string of the molecule is CC(=O)C1=NC(C(=O)O)=NC1. The van der Waals surface area contributed by atoms with Crippen LogP contribution in [0.4, 0.5) is 0 Å². The number of nitrogens with zero attached hydrogens (tertiary/aromatic N) is 2. The van der Waals surface area contributed by atoms with Gasteiger partial charge in [-0.15, -0.1) is 0 Å². The van der Waals surface area contributed by atoms with Gasteiger partial charge in [0.1, 0.15) is 5.71 Å². The molecule has 5 nitrogen and oxygen atoms in total. The Kier molecular flexibility index (Phi) is 1.80. The van der Waals surface area contributed by atoms with Crippen molar-refractivity contribution in [2.75, 3.05) is 6.54 Å². The number of amidine groups is 1. The molecule has 0 atom stereocenters. The largest absolute Gasteiger partial charge is 0.475 e. The predicted octanol–water partition coefficient (Wildman–Crippen LogP) is -0.487. The first-order valence-corrected chi connectivity index (χ1v) is 2.97. The van der Waals surface area contributed by atoms with Crippen molar-refractivity contribution < 1.29 is 14.7 Å². The normalized spacial score (nSPS) is 15.7. The summed E-state index contributed by atoms with van der Waals surface area (Å²) >= 11 is 0. The predicted molar refractivity (Wildman–Crippen MR) is 38.1 cm³/mol. The zero-order valence-electron chi connectivity index (χ0n) is 5.87. The number of hydrogen-bond acceptors (Lipinski definition) is 4. The molecular weight excluding hydrogens is 148 g/mol. The van der Waals surface area contributed by atoms with E-state index in [2.05, 4.69) is 9.98 Å². The Bertz CT molecular complexity index is 278. The molecule has 0 saturated heterocycles. The zero-order chi connectivity index (χ0) is 8.43. The van der Waals surface area contributed by atoms with Gasteiger partial charge >= 0.3 is 5.97 Å². The van der Waals surface area contributed by atoms with Crippen molar-refractivity contribution in [1.29, 1.82) is 0 Å². The lowest BCUT2D eigenvalue weighted by Crippen LogP contribution is -2.11. The van der Waals surface area contributed by atoms with Crippen molar-refractivity contribution in [3.63, 3.8) is 0 Å². The summed E-state index contributed by atoms with van der Waals surface area (Å²) in [6.45, 7) is 1.43. The van der Waals surface area contributed by atoms with Gasteiger partial charge in [0.2, 0.25) is 5.84 Å². The van der Waals surface area contributed by atoms with Crippen LogP contribution in [0.2, 0.25) is 0 Å². The van der Waals surface area contributed by atoms with E-state index in [0.29, 0.717) is 0 Å². The monoisotopic (exact) mass is 154 g/mol. The van der Waals surface area contributed by atoms with Crippen molar-refractivity contribution >= 4 is 23.3 Å². The van der Waals surface area contributed by atoms with Crippen molar-refractivity contribution in [2.24, 2.45) is 9.98 Å². The van der Waals surface area contributed by atoms with Gasteiger partial charge in [-0.25, -0.2) is 9.79 Å². The topological polar surface area (TPSA) is 79.1 Å². The Hall–Kier alpha value is -1.52. The fourth-order valence-corrected chi connectivity index (χ4v) is 0.654. The summed E-state index contributed by atoms with van der Waals surface area (Å²) in [6, 6.07) is 0. The van der Waals surface area contributed by atoms with Crippen LogP contribution in [0, 0.1) is 0 Å². The first-order valence-electron chi connectivity index (χ1n) is 2.97. The Morgan fingerprint density at radius 2 is 2.18 bits per heavy atom. The maximum absolute atomic E-state index is 10.6. The van der Waals surface area contributed by atoms with Crippen LogP contribution >= 0.6 is 0 Å². The number of aliphatic carboxylic acids is 1. The molecule has 58 valence electrons. The van der Waals surface area contributed by atoms with Gasteiger partial charge < -0.3 is 5.11 Å². The molecule has 5 heteroatoms. The lowest BCUT2D eigenvalue weighted by Gasteiger charge is -1.86. The molecule has 1 rings (SSSR count). The number of rotatable bonds is 2. The Morgan fingerprint density at radius 1 is 1.55 bits per heavy atom. The lowest BCUT2D eigenvalue weighted by molar-refractivity contribution is -0.129. The average Bonchev–Trinajstić information content (AvgIpc) is 2.33. The molecule has 0 aromatic rings. The molecule has 0 amide bonds. The quantitative estimate of drug-likeness (QED) is 0.583. The van der Waals surface area contributed by atoms with Crippen LogP contribution < -0.4 is 0 Å². The molecule has 11 heavy (non-hydrogen) atoms. The maximum atomic E-state index is 10.6. The van der Waals surface area contributed by atoms with Gasteiger partial charge in [-0.3, -0.25) is 9.79 Å². The molecule has 0 spiro atoms. The number of carbonyl (C=O) groups is 2. The molecule has 1 aliphatic rings. The van der Waals surface area contributed by atoms with E-state index in [1.54, 1.807) is 0 Å². The summed E-state index contributed by atoms with van der Waals surface area (Å²) in [5.41, 5.74) is 0.211. The van der Waals surface area contributed by atoms with Gasteiger partial charge in [-0.2, -0.15) is 0 Å². The smallest absolute Gasteiger partial charge is 0.373 e. The lowest BCUT2D eigenvalue weighted by atomic mass is 10.3. The second kappa shape index (κ2) is 2.61. The van der Waals surface area contributed by atoms with Crippen LogP contribution in [-0.4, -0.2) is 35.0 Å². The summed E-state index contributed by atoms with van der Waals surface area (Å²) in [6.07, 6.45) is 0. The minimum atomic E-state index is -1.19. The number of carbonyl (C=O) groups excluding carboxylic acids is 1. The van der Waals surface area contributed by atoms with Gasteiger partial charge in [-0.1, -0.05) is 0 Å². The van der Waals surface area contributed by atoms with E-state index in [1.165, 1.54) is 6.92 Å². The Labute approximate surface area is 62.5 Å². The standard InChI is InChI=1S/C6H6N2O3/c1-3(9)4-2-7-5(8-4)6(10)11/h2H2,1H3,(H,10,11). The van der Waals surface area contributed by atoms with Crippen LogP contribution in [0.1, 0.15) is 6.92 Å². The van der Waals surface area contributed by atoms with Crippen LogP contribution in [0.3, 0.4) is 0 Å². The minimum absolute atomic E-state index is 0.0942. The highest BCUT2D eigenvalue weighted by Crippen LogP contribution is 1.97. The van der Waals surface area contributed by atoms with E-state index in [4.69, 9.17) is 5.11 Å². The molecule has 0 aromatic carbocycles. The van der Waals surface area contributed by atoms with E-state index in [1.807, 2.05) is 0 Å². The summed E-state index contributed by atoms with van der Waals surface area (Å²) in [5.74, 6) is -1.71. The summed E-state index contributed by atoms with van der Waals surface area (Å²) in [5, 5.41) is 8.36. The number of Topliss-reactive ketones (excluding diaryl/α,β-unsaturated/α-hetero) is 1. The molecule has 0 aliphatic carbocycles. The molecule has 0 fully saturated rings. The Balaban J connectivity index is 2.79. The van der Waals surface area contributed by atoms with Crippen molar-refractivity contribution in [2.45, 2.75) is 6.92 Å². The number of carboxylic acids is 1. The number of carboxylic acid groups (broad SMARTS) is 1. The van der Waals surface area contributed by atoms with E-state index in [-0.39, 0.29) is 23.9 Å². The fourth-order valence-electron chi connectivity index (χ4n) is 0.654. The minimum Gasteiger partial charge on any atom is -0.475 e. The van der Waals surface area contributed by atoms with Gasteiger partial charge in [0.25, 0.3) is 0 Å². The highest BCUT2D eigenvalue weighted by atomic mass is 16.4. The van der Waals surface area contributed by atoms with E-state index < -0.39 is 5.97 Å². The molecule has 0 aromatic heterocycles. The third-order valence-corrected chi connectivity index (χ3v) is 1.22. The number of hydrogen-bond donors (Lipinski definition) is 1. The number of aliphatic imine (C=N–C) groups is 2. The van der Waals surface area contributed by atoms with Gasteiger partial charge in [-0.05, 0) is 0 Å². The Morgan fingerprint density at radius 3 is 2.45 bits per heavy atom. The van der Waals surface area contributed by atoms with E-state index >= 15 is 0 Å². The first kappa shape index (κ1) is 7.59. The number of ketones is 1.